The lowest BCUT2D eigenvalue weighted by molar-refractivity contribution is -0.151. The van der Waals surface area contributed by atoms with Crippen LogP contribution in [-0.2, 0) is 22.6 Å². The standard InChI is InChI=1S/C20H20FNO3/c1-13(14-7-4-8-17(21)10-14)9-19(23)22-12-16-6-3-2-5-15(16)11-18(22)20(24)25/h2-8,10,13,18H,9,11-12H2,1H3,(H,24,25). The Balaban J connectivity index is 1.79. The number of halogens is 1. The van der Waals surface area contributed by atoms with Crippen molar-refractivity contribution in [2.75, 3.05) is 0 Å². The van der Waals surface area contributed by atoms with Gasteiger partial charge in [0.15, 0.2) is 0 Å². The highest BCUT2D eigenvalue weighted by molar-refractivity contribution is 5.85. The number of amides is 1. The Bertz CT molecular complexity index is 805. The molecule has 0 aliphatic carbocycles. The fourth-order valence-corrected chi connectivity index (χ4v) is 3.32. The van der Waals surface area contributed by atoms with Gasteiger partial charge in [0.1, 0.15) is 11.9 Å². The van der Waals surface area contributed by atoms with Crippen LogP contribution < -0.4 is 0 Å². The monoisotopic (exact) mass is 341 g/mol. The van der Waals surface area contributed by atoms with Gasteiger partial charge >= 0.3 is 5.97 Å². The summed E-state index contributed by atoms with van der Waals surface area (Å²) in [5.74, 6) is -1.75. The molecule has 1 aliphatic rings. The molecule has 0 radical (unpaired) electrons. The number of carboxylic acids is 1. The Morgan fingerprint density at radius 2 is 1.92 bits per heavy atom. The van der Waals surface area contributed by atoms with E-state index < -0.39 is 12.0 Å². The van der Waals surface area contributed by atoms with Crippen molar-refractivity contribution >= 4 is 11.9 Å². The maximum atomic E-state index is 13.4. The van der Waals surface area contributed by atoms with E-state index in [0.29, 0.717) is 13.0 Å². The number of carboxylic acid groups (broad SMARTS) is 1. The maximum Gasteiger partial charge on any atom is 0.326 e. The van der Waals surface area contributed by atoms with Gasteiger partial charge in [-0.25, -0.2) is 9.18 Å². The molecule has 1 aliphatic heterocycles. The molecule has 2 unspecified atom stereocenters. The first-order valence-corrected chi connectivity index (χ1v) is 8.30. The van der Waals surface area contributed by atoms with Gasteiger partial charge in [-0.1, -0.05) is 43.3 Å². The van der Waals surface area contributed by atoms with Crippen LogP contribution in [-0.4, -0.2) is 27.9 Å². The zero-order chi connectivity index (χ0) is 18.0. The number of hydrogen-bond donors (Lipinski definition) is 1. The Kier molecular flexibility index (Phi) is 4.83. The summed E-state index contributed by atoms with van der Waals surface area (Å²) >= 11 is 0. The molecule has 1 N–H and O–H groups in total. The number of aliphatic carboxylic acids is 1. The molecule has 25 heavy (non-hydrogen) atoms. The summed E-state index contributed by atoms with van der Waals surface area (Å²) in [5, 5.41) is 9.53. The molecule has 0 saturated carbocycles. The van der Waals surface area contributed by atoms with E-state index >= 15 is 0 Å². The summed E-state index contributed by atoms with van der Waals surface area (Å²) in [7, 11) is 0. The average Bonchev–Trinajstić information content (AvgIpc) is 2.60. The first kappa shape index (κ1) is 17.1. The molecule has 130 valence electrons. The molecule has 4 nitrogen and oxygen atoms in total. The molecule has 0 bridgehead atoms. The van der Waals surface area contributed by atoms with E-state index in [1.54, 1.807) is 12.1 Å². The van der Waals surface area contributed by atoms with E-state index in [2.05, 4.69) is 0 Å². The molecule has 2 atom stereocenters. The van der Waals surface area contributed by atoms with Gasteiger partial charge < -0.3 is 10.0 Å². The fourth-order valence-electron chi connectivity index (χ4n) is 3.32. The van der Waals surface area contributed by atoms with E-state index in [0.717, 1.165) is 16.7 Å². The van der Waals surface area contributed by atoms with Gasteiger partial charge in [0.2, 0.25) is 5.91 Å². The van der Waals surface area contributed by atoms with E-state index in [1.165, 1.54) is 17.0 Å². The minimum atomic E-state index is -0.999. The van der Waals surface area contributed by atoms with Crippen LogP contribution in [0.15, 0.2) is 48.5 Å². The Morgan fingerprint density at radius 1 is 1.20 bits per heavy atom. The van der Waals surface area contributed by atoms with Crippen LogP contribution in [0.2, 0.25) is 0 Å². The van der Waals surface area contributed by atoms with Crippen LogP contribution in [0.4, 0.5) is 4.39 Å². The Morgan fingerprint density at radius 3 is 2.60 bits per heavy atom. The van der Waals surface area contributed by atoms with Crippen molar-refractivity contribution in [1.82, 2.24) is 4.90 Å². The molecule has 5 heteroatoms. The Labute approximate surface area is 145 Å². The smallest absolute Gasteiger partial charge is 0.326 e. The topological polar surface area (TPSA) is 57.6 Å². The van der Waals surface area contributed by atoms with Gasteiger partial charge in [-0.05, 0) is 34.7 Å². The molecule has 1 heterocycles. The summed E-state index contributed by atoms with van der Waals surface area (Å²) < 4.78 is 13.4. The van der Waals surface area contributed by atoms with Crippen LogP contribution in [0.25, 0.3) is 0 Å². The lowest BCUT2D eigenvalue weighted by Crippen LogP contribution is -2.48. The number of nitrogens with zero attached hydrogens (tertiary/aromatic N) is 1. The summed E-state index contributed by atoms with van der Waals surface area (Å²) in [6.45, 7) is 2.14. The van der Waals surface area contributed by atoms with Crippen molar-refractivity contribution in [1.29, 1.82) is 0 Å². The molecule has 1 amide bonds. The van der Waals surface area contributed by atoms with E-state index in [-0.39, 0.29) is 24.1 Å². The summed E-state index contributed by atoms with van der Waals surface area (Å²) in [6, 6.07) is 12.9. The van der Waals surface area contributed by atoms with E-state index in [9.17, 15) is 19.1 Å². The first-order valence-electron chi connectivity index (χ1n) is 8.30. The zero-order valence-electron chi connectivity index (χ0n) is 14.0. The average molecular weight is 341 g/mol. The second-order valence-corrected chi connectivity index (χ2v) is 6.51. The highest BCUT2D eigenvalue weighted by Gasteiger charge is 2.34. The third-order valence-electron chi connectivity index (χ3n) is 4.75. The van der Waals surface area contributed by atoms with Gasteiger partial charge in [-0.15, -0.1) is 0 Å². The van der Waals surface area contributed by atoms with Gasteiger partial charge in [-0.2, -0.15) is 0 Å². The van der Waals surface area contributed by atoms with Crippen LogP contribution in [0.1, 0.15) is 36.0 Å². The van der Waals surface area contributed by atoms with Crippen LogP contribution >= 0.6 is 0 Å². The van der Waals surface area contributed by atoms with Crippen molar-refractivity contribution in [3.8, 4) is 0 Å². The van der Waals surface area contributed by atoms with Crippen molar-refractivity contribution in [3.05, 3.63) is 71.0 Å². The molecule has 2 aromatic carbocycles. The normalized spacial score (nSPS) is 17.7. The number of fused-ring (bicyclic) bond motifs is 1. The molecule has 3 rings (SSSR count). The molecular formula is C20H20FNO3. The van der Waals surface area contributed by atoms with Crippen LogP contribution in [0.3, 0.4) is 0 Å². The number of carbonyl (C=O) groups excluding carboxylic acids is 1. The zero-order valence-corrected chi connectivity index (χ0v) is 14.0. The van der Waals surface area contributed by atoms with Crippen molar-refractivity contribution < 1.29 is 19.1 Å². The summed E-state index contributed by atoms with van der Waals surface area (Å²) in [6.07, 6.45) is 0.459. The molecule has 0 aromatic heterocycles. The maximum absolute atomic E-state index is 13.4. The highest BCUT2D eigenvalue weighted by atomic mass is 19.1. The van der Waals surface area contributed by atoms with Crippen molar-refractivity contribution in [2.24, 2.45) is 0 Å². The minimum absolute atomic E-state index is 0.148. The van der Waals surface area contributed by atoms with E-state index in [1.807, 2.05) is 31.2 Å². The van der Waals surface area contributed by atoms with Gasteiger partial charge in [-0.3, -0.25) is 4.79 Å². The minimum Gasteiger partial charge on any atom is -0.480 e. The molecule has 0 fully saturated rings. The van der Waals surface area contributed by atoms with Crippen molar-refractivity contribution in [2.45, 2.75) is 38.3 Å². The highest BCUT2D eigenvalue weighted by Crippen LogP contribution is 2.27. The molecular weight excluding hydrogens is 321 g/mol. The number of hydrogen-bond acceptors (Lipinski definition) is 2. The molecule has 0 spiro atoms. The molecule has 0 saturated heterocycles. The quantitative estimate of drug-likeness (QED) is 0.928. The molecule has 2 aromatic rings. The number of benzene rings is 2. The predicted molar refractivity (Wildman–Crippen MR) is 91.6 cm³/mol. The lowest BCUT2D eigenvalue weighted by atomic mass is 9.92. The second kappa shape index (κ2) is 7.05. The van der Waals surface area contributed by atoms with Gasteiger partial charge in [0, 0.05) is 19.4 Å². The summed E-state index contributed by atoms with van der Waals surface area (Å²) in [4.78, 5) is 25.8. The van der Waals surface area contributed by atoms with Crippen LogP contribution in [0.5, 0.6) is 0 Å². The van der Waals surface area contributed by atoms with Crippen molar-refractivity contribution in [3.63, 3.8) is 0 Å². The number of carbonyl (C=O) groups is 2. The number of rotatable bonds is 4. The third kappa shape index (κ3) is 3.71. The van der Waals surface area contributed by atoms with Gasteiger partial charge in [0.05, 0.1) is 0 Å². The second-order valence-electron chi connectivity index (χ2n) is 6.51. The SMILES string of the molecule is CC(CC(=O)N1Cc2ccccc2CC1C(=O)O)c1cccc(F)c1. The van der Waals surface area contributed by atoms with E-state index in [4.69, 9.17) is 0 Å². The first-order chi connectivity index (χ1) is 12.0. The summed E-state index contributed by atoms with van der Waals surface area (Å²) in [5.41, 5.74) is 2.68. The fraction of sp³-hybridized carbons (Fsp3) is 0.300. The third-order valence-corrected chi connectivity index (χ3v) is 4.75. The van der Waals surface area contributed by atoms with Gasteiger partial charge in [0.25, 0.3) is 0 Å². The Hall–Kier alpha value is -2.69. The largest absolute Gasteiger partial charge is 0.480 e. The lowest BCUT2D eigenvalue weighted by Gasteiger charge is -2.35. The van der Waals surface area contributed by atoms with Crippen LogP contribution in [0, 0.1) is 5.82 Å². The predicted octanol–water partition coefficient (Wildman–Crippen LogP) is 3.36.